The summed E-state index contributed by atoms with van der Waals surface area (Å²) >= 11 is 0. The highest BCUT2D eigenvalue weighted by atomic mass is 19.2. The number of nitrogens with one attached hydrogen (secondary N) is 1. The van der Waals surface area contributed by atoms with E-state index in [9.17, 15) is 13.6 Å². The molecule has 1 aliphatic heterocycles. The van der Waals surface area contributed by atoms with Gasteiger partial charge in [0, 0.05) is 19.5 Å². The van der Waals surface area contributed by atoms with Gasteiger partial charge in [0.05, 0.1) is 11.4 Å². The fraction of sp³-hybridized carbons (Fsp3) is 0.364. The van der Waals surface area contributed by atoms with E-state index in [0.717, 1.165) is 6.07 Å². The first kappa shape index (κ1) is 10.9. The van der Waals surface area contributed by atoms with Crippen molar-refractivity contribution in [3.05, 3.63) is 23.8 Å². The Balaban J connectivity index is 2.56. The van der Waals surface area contributed by atoms with E-state index >= 15 is 0 Å². The molecule has 0 atom stereocenters. The maximum atomic E-state index is 13.7. The van der Waals surface area contributed by atoms with E-state index in [-0.39, 0.29) is 18.0 Å². The molecule has 5 heteroatoms. The van der Waals surface area contributed by atoms with E-state index in [1.54, 1.807) is 4.90 Å². The van der Waals surface area contributed by atoms with Crippen molar-refractivity contribution in [1.82, 2.24) is 0 Å². The van der Waals surface area contributed by atoms with E-state index < -0.39 is 11.6 Å². The summed E-state index contributed by atoms with van der Waals surface area (Å²) in [7, 11) is 0. The zero-order chi connectivity index (χ0) is 11.7. The summed E-state index contributed by atoms with van der Waals surface area (Å²) in [6.45, 7) is 2.77. The second-order valence-corrected chi connectivity index (χ2v) is 3.64. The third-order valence-electron chi connectivity index (χ3n) is 2.65. The molecule has 0 saturated carbocycles. The topological polar surface area (TPSA) is 32.3 Å². The smallest absolute Gasteiger partial charge is 0.226 e. The first-order valence-electron chi connectivity index (χ1n) is 5.16. The molecule has 0 aliphatic carbocycles. The average molecular weight is 226 g/mol. The Morgan fingerprint density at radius 3 is 2.88 bits per heavy atom. The Hall–Kier alpha value is -1.65. The van der Waals surface area contributed by atoms with E-state index in [2.05, 4.69) is 5.32 Å². The summed E-state index contributed by atoms with van der Waals surface area (Å²) in [6, 6.07) is 2.41. The summed E-state index contributed by atoms with van der Waals surface area (Å²) in [5.74, 6) is -1.97. The van der Waals surface area contributed by atoms with Crippen molar-refractivity contribution in [3.8, 4) is 0 Å². The predicted octanol–water partition coefficient (Wildman–Crippen LogP) is 2.13. The minimum absolute atomic E-state index is 0.147. The first-order valence-corrected chi connectivity index (χ1v) is 5.16. The number of hydrogen-bond donors (Lipinski definition) is 1. The van der Waals surface area contributed by atoms with Gasteiger partial charge in [-0.25, -0.2) is 8.78 Å². The molecular formula is C11H12F2N2O. The fourth-order valence-electron chi connectivity index (χ4n) is 1.83. The molecule has 1 N–H and O–H groups in total. The minimum atomic E-state index is -0.901. The molecule has 0 unspecified atom stereocenters. The van der Waals surface area contributed by atoms with E-state index in [0.29, 0.717) is 18.8 Å². The van der Waals surface area contributed by atoms with Crippen LogP contribution >= 0.6 is 0 Å². The fourth-order valence-corrected chi connectivity index (χ4v) is 1.83. The van der Waals surface area contributed by atoms with Crippen LogP contribution in [-0.2, 0) is 4.79 Å². The molecule has 0 spiro atoms. The van der Waals surface area contributed by atoms with Crippen molar-refractivity contribution in [1.29, 1.82) is 0 Å². The van der Waals surface area contributed by atoms with E-state index in [1.807, 2.05) is 6.92 Å². The number of halogens is 2. The number of anilines is 2. The van der Waals surface area contributed by atoms with Crippen LogP contribution in [0.15, 0.2) is 12.1 Å². The van der Waals surface area contributed by atoms with Gasteiger partial charge >= 0.3 is 0 Å². The van der Waals surface area contributed by atoms with Gasteiger partial charge in [0.2, 0.25) is 5.91 Å². The molecule has 1 amide bonds. The Labute approximate surface area is 92.1 Å². The molecule has 16 heavy (non-hydrogen) atoms. The van der Waals surface area contributed by atoms with Crippen LogP contribution in [0.25, 0.3) is 0 Å². The van der Waals surface area contributed by atoms with E-state index in [1.165, 1.54) is 6.07 Å². The van der Waals surface area contributed by atoms with Gasteiger partial charge in [-0.05, 0) is 19.1 Å². The van der Waals surface area contributed by atoms with Crippen LogP contribution in [0.2, 0.25) is 0 Å². The Kier molecular flexibility index (Phi) is 2.77. The zero-order valence-corrected chi connectivity index (χ0v) is 8.89. The second-order valence-electron chi connectivity index (χ2n) is 3.64. The summed E-state index contributed by atoms with van der Waals surface area (Å²) in [4.78, 5) is 13.0. The molecule has 86 valence electrons. The van der Waals surface area contributed by atoms with Gasteiger partial charge in [-0.15, -0.1) is 0 Å². The van der Waals surface area contributed by atoms with E-state index in [4.69, 9.17) is 0 Å². The Bertz CT molecular complexity index is 434. The largest absolute Gasteiger partial charge is 0.367 e. The molecule has 2 rings (SSSR count). The third kappa shape index (κ3) is 1.73. The van der Waals surface area contributed by atoms with Gasteiger partial charge in [0.1, 0.15) is 0 Å². The highest BCUT2D eigenvalue weighted by Crippen LogP contribution is 2.32. The number of amides is 1. The molecule has 1 aromatic rings. The lowest BCUT2D eigenvalue weighted by molar-refractivity contribution is -0.115. The third-order valence-corrected chi connectivity index (χ3v) is 2.65. The highest BCUT2D eigenvalue weighted by Gasteiger charge is 2.23. The first-order chi connectivity index (χ1) is 7.63. The molecule has 1 aromatic carbocycles. The van der Waals surface area contributed by atoms with Crippen LogP contribution in [0, 0.1) is 11.6 Å². The van der Waals surface area contributed by atoms with Gasteiger partial charge in [-0.2, -0.15) is 0 Å². The van der Waals surface area contributed by atoms with Crippen molar-refractivity contribution >= 4 is 17.3 Å². The summed E-state index contributed by atoms with van der Waals surface area (Å²) in [5.41, 5.74) is 0.483. The lowest BCUT2D eigenvalue weighted by atomic mass is 10.2. The second kappa shape index (κ2) is 4.08. The molecule has 1 aliphatic rings. The molecule has 0 saturated heterocycles. The molecule has 1 heterocycles. The quantitative estimate of drug-likeness (QED) is 0.795. The zero-order valence-electron chi connectivity index (χ0n) is 8.89. The van der Waals surface area contributed by atoms with Crippen LogP contribution in [-0.4, -0.2) is 19.0 Å². The maximum Gasteiger partial charge on any atom is 0.226 e. The van der Waals surface area contributed by atoms with Crippen molar-refractivity contribution in [2.75, 3.05) is 23.3 Å². The minimum Gasteiger partial charge on any atom is -0.367 e. The average Bonchev–Trinajstić information content (AvgIpc) is 2.43. The van der Waals surface area contributed by atoms with Crippen molar-refractivity contribution in [3.63, 3.8) is 0 Å². The summed E-state index contributed by atoms with van der Waals surface area (Å²) in [5, 5.41) is 2.57. The van der Waals surface area contributed by atoms with Crippen molar-refractivity contribution in [2.24, 2.45) is 0 Å². The van der Waals surface area contributed by atoms with Gasteiger partial charge in [-0.1, -0.05) is 0 Å². The standard InChI is InChI=1S/C11H12F2N2O/c1-2-15-6-5-9(16)14-8-4-3-7(12)10(13)11(8)15/h3-4H,2,5-6H2,1H3,(H,14,16). The Morgan fingerprint density at radius 2 is 2.19 bits per heavy atom. The maximum absolute atomic E-state index is 13.7. The molecular weight excluding hydrogens is 214 g/mol. The van der Waals surface area contributed by atoms with Gasteiger partial charge in [0.25, 0.3) is 0 Å². The van der Waals surface area contributed by atoms with Gasteiger partial charge < -0.3 is 10.2 Å². The summed E-state index contributed by atoms with van der Waals surface area (Å²) in [6.07, 6.45) is 0.281. The van der Waals surface area contributed by atoms with Crippen LogP contribution in [0.3, 0.4) is 0 Å². The van der Waals surface area contributed by atoms with Crippen molar-refractivity contribution < 1.29 is 13.6 Å². The van der Waals surface area contributed by atoms with Gasteiger partial charge in [0.15, 0.2) is 11.6 Å². The SMILES string of the molecule is CCN1CCC(=O)Nc2ccc(F)c(F)c21. The number of fused-ring (bicyclic) bond motifs is 1. The Morgan fingerprint density at radius 1 is 1.44 bits per heavy atom. The number of carbonyl (C=O) groups excluding carboxylic acids is 1. The van der Waals surface area contributed by atoms with Crippen molar-refractivity contribution in [2.45, 2.75) is 13.3 Å². The predicted molar refractivity (Wildman–Crippen MR) is 57.5 cm³/mol. The molecule has 0 radical (unpaired) electrons. The van der Waals surface area contributed by atoms with Crippen LogP contribution in [0.1, 0.15) is 13.3 Å². The normalized spacial score (nSPS) is 15.4. The van der Waals surface area contributed by atoms with Crippen LogP contribution in [0.5, 0.6) is 0 Å². The molecule has 3 nitrogen and oxygen atoms in total. The number of benzene rings is 1. The van der Waals surface area contributed by atoms with Crippen LogP contribution < -0.4 is 10.2 Å². The molecule has 0 aromatic heterocycles. The molecule has 0 bridgehead atoms. The highest BCUT2D eigenvalue weighted by molar-refractivity contribution is 5.96. The number of hydrogen-bond acceptors (Lipinski definition) is 2. The lowest BCUT2D eigenvalue weighted by Gasteiger charge is -2.22. The molecule has 0 fully saturated rings. The lowest BCUT2D eigenvalue weighted by Crippen LogP contribution is -2.25. The number of rotatable bonds is 1. The summed E-state index contributed by atoms with van der Waals surface area (Å²) < 4.78 is 26.8. The van der Waals surface area contributed by atoms with Crippen LogP contribution in [0.4, 0.5) is 20.2 Å². The van der Waals surface area contributed by atoms with Gasteiger partial charge in [-0.3, -0.25) is 4.79 Å². The number of nitrogens with zero attached hydrogens (tertiary/aromatic N) is 1. The number of carbonyl (C=O) groups is 1. The monoisotopic (exact) mass is 226 g/mol.